The first-order valence-electron chi connectivity index (χ1n) is 12.7. The average Bonchev–Trinajstić information content (AvgIpc) is 3.61. The summed E-state index contributed by atoms with van der Waals surface area (Å²) in [7, 11) is 1.66. The fraction of sp³-hybridized carbons (Fsp3) is 0.310. The smallest absolute Gasteiger partial charge is 0.252 e. The van der Waals surface area contributed by atoms with Gasteiger partial charge in [-0.05, 0) is 82.4 Å². The number of H-pyrrole nitrogens is 1. The number of rotatable bonds is 10. The SMILES string of the molecule is CC[C@@H](c1nnnn1Cc1ccc(OC)cc1)N(Cc1cccs1)Cc1cc2ccc(C)c(C)c2[nH]c1=O. The number of aryl methyl sites for hydroxylation is 2. The van der Waals surface area contributed by atoms with Crippen LogP contribution in [0.3, 0.4) is 0 Å². The van der Waals surface area contributed by atoms with E-state index < -0.39 is 0 Å². The second kappa shape index (κ2) is 11.3. The van der Waals surface area contributed by atoms with E-state index in [1.165, 1.54) is 4.88 Å². The number of pyridine rings is 1. The summed E-state index contributed by atoms with van der Waals surface area (Å²) < 4.78 is 7.14. The zero-order valence-electron chi connectivity index (χ0n) is 22.1. The van der Waals surface area contributed by atoms with Crippen molar-refractivity contribution < 1.29 is 4.74 Å². The lowest BCUT2D eigenvalue weighted by Crippen LogP contribution is -2.32. The molecule has 9 heteroatoms. The fourth-order valence-electron chi connectivity index (χ4n) is 4.86. The molecular weight excluding hydrogens is 496 g/mol. The van der Waals surface area contributed by atoms with Gasteiger partial charge in [-0.2, -0.15) is 0 Å². The van der Waals surface area contributed by atoms with Gasteiger partial charge >= 0.3 is 0 Å². The van der Waals surface area contributed by atoms with Crippen LogP contribution in [-0.4, -0.2) is 37.2 Å². The van der Waals surface area contributed by atoms with Gasteiger partial charge in [0.25, 0.3) is 5.56 Å². The van der Waals surface area contributed by atoms with Crippen molar-refractivity contribution in [1.82, 2.24) is 30.1 Å². The van der Waals surface area contributed by atoms with Crippen molar-refractivity contribution in [3.63, 3.8) is 0 Å². The molecule has 0 spiro atoms. The van der Waals surface area contributed by atoms with Crippen molar-refractivity contribution in [2.75, 3.05) is 7.11 Å². The lowest BCUT2D eigenvalue weighted by Gasteiger charge is -2.30. The van der Waals surface area contributed by atoms with E-state index in [-0.39, 0.29) is 11.6 Å². The number of aromatic amines is 1. The lowest BCUT2D eigenvalue weighted by molar-refractivity contribution is 0.163. The fourth-order valence-corrected chi connectivity index (χ4v) is 5.59. The van der Waals surface area contributed by atoms with Crippen LogP contribution in [0.5, 0.6) is 5.75 Å². The third-order valence-electron chi connectivity index (χ3n) is 7.12. The van der Waals surface area contributed by atoms with Gasteiger partial charge in [-0.15, -0.1) is 16.4 Å². The van der Waals surface area contributed by atoms with Gasteiger partial charge in [0.15, 0.2) is 5.82 Å². The number of aromatic nitrogens is 5. The van der Waals surface area contributed by atoms with Gasteiger partial charge in [-0.3, -0.25) is 9.69 Å². The molecule has 0 bridgehead atoms. The third-order valence-corrected chi connectivity index (χ3v) is 7.98. The number of nitrogens with one attached hydrogen (secondary N) is 1. The molecule has 0 aliphatic rings. The summed E-state index contributed by atoms with van der Waals surface area (Å²) in [4.78, 5) is 19.9. The molecule has 196 valence electrons. The molecule has 0 aliphatic carbocycles. The number of ether oxygens (including phenoxy) is 1. The van der Waals surface area contributed by atoms with Crippen LogP contribution in [-0.2, 0) is 19.6 Å². The van der Waals surface area contributed by atoms with Crippen molar-refractivity contribution >= 4 is 22.2 Å². The number of benzene rings is 2. The predicted molar refractivity (Wildman–Crippen MR) is 151 cm³/mol. The molecule has 0 radical (unpaired) electrons. The largest absolute Gasteiger partial charge is 0.497 e. The summed E-state index contributed by atoms with van der Waals surface area (Å²) in [5.41, 5.74) is 4.91. The van der Waals surface area contributed by atoms with E-state index in [4.69, 9.17) is 4.74 Å². The topological polar surface area (TPSA) is 88.9 Å². The Kier molecular flexibility index (Phi) is 7.67. The summed E-state index contributed by atoms with van der Waals surface area (Å²) >= 11 is 1.71. The first-order chi connectivity index (χ1) is 18.5. The van der Waals surface area contributed by atoms with Crippen LogP contribution in [0.25, 0.3) is 10.9 Å². The normalized spacial score (nSPS) is 12.3. The molecule has 2 aromatic carbocycles. The monoisotopic (exact) mass is 528 g/mol. The van der Waals surface area contributed by atoms with Crippen molar-refractivity contribution in [2.24, 2.45) is 0 Å². The molecule has 1 N–H and O–H groups in total. The van der Waals surface area contributed by atoms with Crippen LogP contribution in [0, 0.1) is 13.8 Å². The zero-order chi connectivity index (χ0) is 26.6. The van der Waals surface area contributed by atoms with Crippen molar-refractivity contribution in [3.05, 3.63) is 103 Å². The second-order valence-corrected chi connectivity index (χ2v) is 10.6. The highest BCUT2D eigenvalue weighted by molar-refractivity contribution is 7.09. The molecular formula is C29H32N6O2S. The number of nitrogens with zero attached hydrogens (tertiary/aromatic N) is 5. The Hall–Kier alpha value is -3.82. The maximum absolute atomic E-state index is 13.3. The van der Waals surface area contributed by atoms with Crippen molar-refractivity contribution in [1.29, 1.82) is 0 Å². The van der Waals surface area contributed by atoms with Crippen LogP contribution in [0.15, 0.2) is 64.8 Å². The van der Waals surface area contributed by atoms with E-state index in [9.17, 15) is 4.79 Å². The molecule has 0 saturated carbocycles. The summed E-state index contributed by atoms with van der Waals surface area (Å²) in [6.07, 6.45) is 0.790. The van der Waals surface area contributed by atoms with E-state index in [0.29, 0.717) is 19.6 Å². The maximum atomic E-state index is 13.3. The summed E-state index contributed by atoms with van der Waals surface area (Å²) in [5.74, 6) is 1.59. The van der Waals surface area contributed by atoms with E-state index in [2.05, 4.69) is 68.9 Å². The number of methoxy groups -OCH3 is 1. The molecule has 0 amide bonds. The molecule has 1 atom stereocenters. The molecule has 0 unspecified atom stereocenters. The minimum absolute atomic E-state index is 0.0601. The van der Waals surface area contributed by atoms with Crippen molar-refractivity contribution in [3.8, 4) is 5.75 Å². The van der Waals surface area contributed by atoms with Gasteiger partial charge < -0.3 is 9.72 Å². The highest BCUT2D eigenvalue weighted by Crippen LogP contribution is 2.28. The van der Waals surface area contributed by atoms with Gasteiger partial charge in [-0.25, -0.2) is 4.68 Å². The number of thiophene rings is 1. The molecule has 0 fully saturated rings. The molecule has 38 heavy (non-hydrogen) atoms. The Morgan fingerprint density at radius 3 is 2.63 bits per heavy atom. The second-order valence-electron chi connectivity index (χ2n) is 9.55. The molecule has 3 heterocycles. The van der Waals surface area contributed by atoms with Crippen LogP contribution in [0.4, 0.5) is 0 Å². The summed E-state index contributed by atoms with van der Waals surface area (Å²) in [6, 6.07) is 18.2. The first-order valence-corrected chi connectivity index (χ1v) is 13.6. The quantitative estimate of drug-likeness (QED) is 0.261. The van der Waals surface area contributed by atoms with Gasteiger partial charge in [0.2, 0.25) is 0 Å². The highest BCUT2D eigenvalue weighted by atomic mass is 32.1. The van der Waals surface area contributed by atoms with Crippen molar-refractivity contribution in [2.45, 2.75) is 52.9 Å². The Morgan fingerprint density at radius 1 is 1.11 bits per heavy atom. The Morgan fingerprint density at radius 2 is 1.92 bits per heavy atom. The molecule has 5 rings (SSSR count). The van der Waals surface area contributed by atoms with E-state index >= 15 is 0 Å². The minimum atomic E-state index is -0.0831. The summed E-state index contributed by atoms with van der Waals surface area (Å²) in [6.45, 7) is 7.96. The molecule has 0 aliphatic heterocycles. The minimum Gasteiger partial charge on any atom is -0.497 e. The lowest BCUT2D eigenvalue weighted by atomic mass is 10.0. The number of hydrogen-bond donors (Lipinski definition) is 1. The Balaban J connectivity index is 1.49. The molecule has 8 nitrogen and oxygen atoms in total. The van der Waals surface area contributed by atoms with Gasteiger partial charge in [0.05, 0.1) is 25.2 Å². The molecule has 3 aromatic heterocycles. The summed E-state index contributed by atoms with van der Waals surface area (Å²) in [5, 5.41) is 15.9. The van der Waals surface area contributed by atoms with Crippen LogP contribution >= 0.6 is 11.3 Å². The number of tetrazole rings is 1. The average molecular weight is 529 g/mol. The third kappa shape index (κ3) is 5.39. The van der Waals surface area contributed by atoms with E-state index in [0.717, 1.165) is 51.2 Å². The van der Waals surface area contributed by atoms with Gasteiger partial charge in [0, 0.05) is 23.5 Å². The highest BCUT2D eigenvalue weighted by Gasteiger charge is 2.26. The standard InChI is InChI=1S/C29H32N6O2S/c1-5-26(28-31-32-33-35(28)16-21-9-12-24(37-4)13-10-21)34(18-25-7-6-14-38-25)17-23-15-22-11-8-19(2)20(3)27(22)30-29(23)36/h6-15,26H,5,16-18H2,1-4H3,(H,30,36)/t26-/m0/s1. The molecule has 5 aromatic rings. The molecule has 0 saturated heterocycles. The van der Waals surface area contributed by atoms with Crippen LogP contribution in [0.2, 0.25) is 0 Å². The number of fused-ring (bicyclic) bond motifs is 1. The Bertz CT molecular complexity index is 1570. The maximum Gasteiger partial charge on any atom is 0.252 e. The number of hydrogen-bond acceptors (Lipinski definition) is 7. The van der Waals surface area contributed by atoms with E-state index in [1.807, 2.05) is 41.9 Å². The van der Waals surface area contributed by atoms with Gasteiger partial charge in [-0.1, -0.05) is 37.3 Å². The Labute approximate surface area is 225 Å². The van der Waals surface area contributed by atoms with Crippen LogP contribution in [0.1, 0.15) is 52.3 Å². The predicted octanol–water partition coefficient (Wildman–Crippen LogP) is 5.40. The van der Waals surface area contributed by atoms with E-state index in [1.54, 1.807) is 18.4 Å². The first kappa shape index (κ1) is 25.8. The van der Waals surface area contributed by atoms with Crippen LogP contribution < -0.4 is 10.3 Å². The van der Waals surface area contributed by atoms with Gasteiger partial charge in [0.1, 0.15) is 5.75 Å². The zero-order valence-corrected chi connectivity index (χ0v) is 23.0.